The van der Waals surface area contributed by atoms with Crippen molar-refractivity contribution in [3.05, 3.63) is 48.6 Å². The van der Waals surface area contributed by atoms with Crippen LogP contribution in [-0.2, 0) is 33.3 Å². The van der Waals surface area contributed by atoms with Gasteiger partial charge in [0.1, 0.15) is 18.2 Å². The molecule has 2 fully saturated rings. The second-order valence-corrected chi connectivity index (χ2v) is 10.7. The molecule has 8 heteroatoms. The monoisotopic (exact) mass is 559 g/mol. The van der Waals surface area contributed by atoms with Crippen LogP contribution < -0.4 is 5.32 Å². The average Bonchev–Trinajstić information content (AvgIpc) is 2.97. The quantitative estimate of drug-likeness (QED) is 0.131. The highest BCUT2D eigenvalue weighted by Gasteiger charge is 2.52. The Morgan fingerprint density at radius 1 is 0.950 bits per heavy atom. The van der Waals surface area contributed by atoms with Gasteiger partial charge in [-0.25, -0.2) is 0 Å². The topological polar surface area (TPSA) is 92.3 Å². The summed E-state index contributed by atoms with van der Waals surface area (Å²) in [7, 11) is 0. The van der Waals surface area contributed by atoms with E-state index in [1.807, 2.05) is 30.3 Å². The van der Waals surface area contributed by atoms with Crippen molar-refractivity contribution in [1.82, 2.24) is 5.32 Å². The Balaban J connectivity index is 1.76. The van der Waals surface area contributed by atoms with E-state index in [-0.39, 0.29) is 25.1 Å². The fourth-order valence-electron chi connectivity index (χ4n) is 5.18. The number of fused-ring (bicyclic) bond motifs is 1. The van der Waals surface area contributed by atoms with Crippen molar-refractivity contribution < 1.29 is 33.3 Å². The van der Waals surface area contributed by atoms with E-state index in [2.05, 4.69) is 25.7 Å². The summed E-state index contributed by atoms with van der Waals surface area (Å²) >= 11 is 0. The molecule has 2 aliphatic rings. The summed E-state index contributed by atoms with van der Waals surface area (Å²) in [4.78, 5) is 26.1. The molecule has 0 aromatic heterocycles. The number of ether oxygens (including phenoxy) is 5. The minimum Gasteiger partial charge on any atom is -0.457 e. The molecule has 3 rings (SSSR count). The average molecular weight is 560 g/mol. The molecule has 40 heavy (non-hydrogen) atoms. The summed E-state index contributed by atoms with van der Waals surface area (Å²) in [6.45, 7) is 8.53. The highest BCUT2D eigenvalue weighted by molar-refractivity contribution is 5.76. The van der Waals surface area contributed by atoms with Gasteiger partial charge in [-0.3, -0.25) is 9.59 Å². The van der Waals surface area contributed by atoms with Crippen LogP contribution >= 0.6 is 0 Å². The van der Waals surface area contributed by atoms with Crippen LogP contribution in [0.3, 0.4) is 0 Å². The van der Waals surface area contributed by atoms with Crippen LogP contribution in [0.2, 0.25) is 0 Å². The van der Waals surface area contributed by atoms with Gasteiger partial charge in [0, 0.05) is 18.4 Å². The van der Waals surface area contributed by atoms with Crippen molar-refractivity contribution in [1.29, 1.82) is 0 Å². The molecule has 1 amide bonds. The Bertz CT molecular complexity index is 879. The van der Waals surface area contributed by atoms with Crippen molar-refractivity contribution in [2.75, 3.05) is 13.2 Å². The van der Waals surface area contributed by atoms with E-state index < -0.39 is 36.9 Å². The predicted octanol–water partition coefficient (Wildman–Crippen LogP) is 6.15. The largest absolute Gasteiger partial charge is 0.457 e. The first-order valence-electron chi connectivity index (χ1n) is 15.3. The molecule has 0 spiro atoms. The van der Waals surface area contributed by atoms with Crippen molar-refractivity contribution in [3.63, 3.8) is 0 Å². The van der Waals surface area contributed by atoms with Crippen LogP contribution in [0.1, 0.15) is 103 Å². The Morgan fingerprint density at radius 3 is 2.30 bits per heavy atom. The van der Waals surface area contributed by atoms with Gasteiger partial charge in [0.2, 0.25) is 5.91 Å². The molecule has 1 unspecified atom stereocenters. The lowest BCUT2D eigenvalue weighted by Gasteiger charge is -2.48. The van der Waals surface area contributed by atoms with Crippen molar-refractivity contribution in [3.8, 4) is 0 Å². The maximum Gasteiger partial charge on any atom is 0.306 e. The Morgan fingerprint density at radius 2 is 1.62 bits per heavy atom. The van der Waals surface area contributed by atoms with E-state index in [4.69, 9.17) is 23.7 Å². The predicted molar refractivity (Wildman–Crippen MR) is 153 cm³/mol. The lowest BCUT2D eigenvalue weighted by molar-refractivity contribution is -0.343. The number of hydrogen-bond donors (Lipinski definition) is 1. The van der Waals surface area contributed by atoms with Gasteiger partial charge in [-0.05, 0) is 12.8 Å². The molecule has 1 aromatic rings. The second-order valence-electron chi connectivity index (χ2n) is 10.7. The third kappa shape index (κ3) is 10.3. The molecule has 8 nitrogen and oxygen atoms in total. The van der Waals surface area contributed by atoms with Crippen LogP contribution in [-0.4, -0.2) is 55.7 Å². The first kappa shape index (κ1) is 32.3. The molecule has 1 N–H and O–H groups in total. The van der Waals surface area contributed by atoms with E-state index in [1.165, 1.54) is 0 Å². The highest BCUT2D eigenvalue weighted by atomic mass is 16.8. The number of carbonyl (C=O) groups is 2. The van der Waals surface area contributed by atoms with Gasteiger partial charge in [0.05, 0.1) is 13.2 Å². The number of carbonyl (C=O) groups excluding carboxylic acids is 2. The van der Waals surface area contributed by atoms with Gasteiger partial charge in [0.25, 0.3) is 0 Å². The SMILES string of the molecule is C=CCO[C@@H]1O[C@@H]2COC(c3ccccc3)O[C@H]2[C@H](OC(=O)CCCCCCC)[C@H]1NC(=O)CCCCCCC. The summed E-state index contributed by atoms with van der Waals surface area (Å²) in [5.74, 6) is -0.433. The molecule has 2 saturated heterocycles. The van der Waals surface area contributed by atoms with Crippen LogP contribution in [0.4, 0.5) is 0 Å². The maximum atomic E-state index is 13.1. The van der Waals surface area contributed by atoms with Crippen LogP contribution in [0.5, 0.6) is 0 Å². The summed E-state index contributed by atoms with van der Waals surface area (Å²) < 4.78 is 30.7. The second kappa shape index (κ2) is 18.2. The van der Waals surface area contributed by atoms with Crippen LogP contribution in [0.15, 0.2) is 43.0 Å². The standard InChI is InChI=1S/C32H49NO7/c1-4-7-9-11-16-20-26(34)33-28-30(39-27(35)21-17-12-10-8-5-2)29-25(38-32(28)36-22-6-3)23-37-31(40-29)24-18-14-13-15-19-24/h6,13-15,18-19,25,28-32H,3-5,7-12,16-17,20-23H2,1-2H3,(H,33,34)/t25-,28-,29-,30-,31?,32-/m1/s1. The first-order valence-corrected chi connectivity index (χ1v) is 15.3. The third-order valence-corrected chi connectivity index (χ3v) is 7.38. The number of benzene rings is 1. The van der Waals surface area contributed by atoms with Gasteiger partial charge in [-0.2, -0.15) is 0 Å². The molecule has 224 valence electrons. The number of nitrogens with one attached hydrogen (secondary N) is 1. The Hall–Kier alpha value is -2.26. The summed E-state index contributed by atoms with van der Waals surface area (Å²) in [5.41, 5.74) is 0.861. The number of rotatable bonds is 18. The smallest absolute Gasteiger partial charge is 0.306 e. The Labute approximate surface area is 240 Å². The van der Waals surface area contributed by atoms with Crippen molar-refractivity contribution in [2.24, 2.45) is 0 Å². The molecule has 0 aliphatic carbocycles. The van der Waals surface area contributed by atoms with Gasteiger partial charge >= 0.3 is 5.97 Å². The van der Waals surface area contributed by atoms with E-state index in [0.717, 1.165) is 69.8 Å². The van der Waals surface area contributed by atoms with Crippen LogP contribution in [0, 0.1) is 0 Å². The summed E-state index contributed by atoms with van der Waals surface area (Å²) in [6, 6.07) is 8.90. The normalized spacial score (nSPS) is 26.1. The van der Waals surface area contributed by atoms with E-state index in [1.54, 1.807) is 6.08 Å². The van der Waals surface area contributed by atoms with E-state index >= 15 is 0 Å². The molecule has 2 heterocycles. The van der Waals surface area contributed by atoms with Crippen molar-refractivity contribution in [2.45, 2.75) is 128 Å². The van der Waals surface area contributed by atoms with E-state index in [9.17, 15) is 9.59 Å². The molecular weight excluding hydrogens is 510 g/mol. The minimum atomic E-state index is -0.842. The zero-order valence-electron chi connectivity index (χ0n) is 24.4. The summed E-state index contributed by atoms with van der Waals surface area (Å²) in [5, 5.41) is 3.07. The molecule has 2 aliphatic heterocycles. The number of hydrogen-bond acceptors (Lipinski definition) is 7. The zero-order chi connectivity index (χ0) is 28.6. The van der Waals surface area contributed by atoms with Gasteiger partial charge in [-0.1, -0.05) is 102 Å². The van der Waals surface area contributed by atoms with Gasteiger partial charge in [0.15, 0.2) is 18.7 Å². The lowest BCUT2D eigenvalue weighted by atomic mass is 9.95. The Kier molecular flexibility index (Phi) is 14.7. The lowest BCUT2D eigenvalue weighted by Crippen LogP contribution is -2.67. The van der Waals surface area contributed by atoms with E-state index in [0.29, 0.717) is 12.8 Å². The number of esters is 1. The molecular formula is C32H49NO7. The molecule has 6 atom stereocenters. The van der Waals surface area contributed by atoms with Crippen LogP contribution in [0.25, 0.3) is 0 Å². The molecule has 0 saturated carbocycles. The summed E-state index contributed by atoms with van der Waals surface area (Å²) in [6.07, 6.45) is 9.24. The molecule has 0 radical (unpaired) electrons. The fourth-order valence-corrected chi connectivity index (χ4v) is 5.18. The first-order chi connectivity index (χ1) is 19.6. The minimum absolute atomic E-state index is 0.122. The molecule has 1 aromatic carbocycles. The maximum absolute atomic E-state index is 13.1. The highest BCUT2D eigenvalue weighted by Crippen LogP contribution is 2.36. The third-order valence-electron chi connectivity index (χ3n) is 7.38. The number of amides is 1. The zero-order valence-corrected chi connectivity index (χ0v) is 24.4. The molecule has 0 bridgehead atoms. The van der Waals surface area contributed by atoms with Gasteiger partial charge in [-0.15, -0.1) is 6.58 Å². The fraction of sp³-hybridized carbons (Fsp3) is 0.688. The number of unbranched alkanes of at least 4 members (excludes halogenated alkanes) is 8. The van der Waals surface area contributed by atoms with Gasteiger partial charge < -0.3 is 29.0 Å². The van der Waals surface area contributed by atoms with Crippen molar-refractivity contribution >= 4 is 11.9 Å².